The average molecular weight is 624 g/mol. The first-order valence-corrected chi connectivity index (χ1v) is 14.9. The highest BCUT2D eigenvalue weighted by molar-refractivity contribution is 5.99. The van der Waals surface area contributed by atoms with Crippen LogP contribution in [0.15, 0.2) is 48.5 Å². The minimum absolute atomic E-state index is 0.00222. The van der Waals surface area contributed by atoms with Crippen molar-refractivity contribution < 1.29 is 28.9 Å². The Morgan fingerprint density at radius 2 is 1.64 bits per heavy atom. The lowest BCUT2D eigenvalue weighted by Crippen LogP contribution is -2.52. The van der Waals surface area contributed by atoms with E-state index < -0.39 is 64.3 Å². The third-order valence-corrected chi connectivity index (χ3v) is 7.35. The molecule has 0 radical (unpaired) electrons. The number of amides is 5. The van der Waals surface area contributed by atoms with E-state index in [-0.39, 0.29) is 36.6 Å². The van der Waals surface area contributed by atoms with Crippen LogP contribution in [0.3, 0.4) is 0 Å². The molecule has 1 unspecified atom stereocenters. The van der Waals surface area contributed by atoms with Gasteiger partial charge in [0, 0.05) is 24.6 Å². The Morgan fingerprint density at radius 3 is 2.29 bits per heavy atom. The second-order valence-electron chi connectivity index (χ2n) is 11.5. The Kier molecular flexibility index (Phi) is 12.4. The van der Waals surface area contributed by atoms with Crippen LogP contribution in [0.2, 0.25) is 0 Å². The summed E-state index contributed by atoms with van der Waals surface area (Å²) in [7, 11) is 0. The number of hydrogen-bond donors (Lipinski definition) is 6. The Hall–Kier alpha value is -5.01. The highest BCUT2D eigenvalue weighted by Crippen LogP contribution is 2.27. The summed E-state index contributed by atoms with van der Waals surface area (Å²) in [6.07, 6.45) is 1.57. The molecule has 0 aliphatic carbocycles. The van der Waals surface area contributed by atoms with Crippen molar-refractivity contribution in [3.8, 4) is 0 Å². The first kappa shape index (κ1) is 34.5. The summed E-state index contributed by atoms with van der Waals surface area (Å²) in [4.78, 5) is 76.0. The molecule has 0 saturated carbocycles. The van der Waals surface area contributed by atoms with Gasteiger partial charge in [-0.3, -0.25) is 34.1 Å². The third kappa shape index (κ3) is 10.3. The van der Waals surface area contributed by atoms with Gasteiger partial charge in [0.1, 0.15) is 29.9 Å². The van der Waals surface area contributed by atoms with Crippen molar-refractivity contribution in [1.29, 1.82) is 0 Å². The zero-order valence-electron chi connectivity index (χ0n) is 25.6. The molecular formula is C31H41N7O7. The molecule has 4 atom stereocenters. The molecule has 2 bridgehead atoms. The Bertz CT molecular complexity index is 1400. The Balaban J connectivity index is 1.98. The lowest BCUT2D eigenvalue weighted by Gasteiger charge is -2.25. The Morgan fingerprint density at radius 1 is 0.933 bits per heavy atom. The number of nitro benzene ring substituents is 1. The van der Waals surface area contributed by atoms with Crippen LogP contribution in [0.5, 0.6) is 0 Å². The van der Waals surface area contributed by atoms with Crippen molar-refractivity contribution in [1.82, 2.24) is 21.3 Å². The van der Waals surface area contributed by atoms with Crippen LogP contribution in [0, 0.1) is 16.0 Å². The standard InChI is InChI=1S/C31H41N7O7/c1-18(2)15-24-31(43)37-25(16-20-9-5-4-6-10-20)30(42)33-14-8-7-11-23(27(32)39)36-28(40)19(3)34-29(41)21-12-13-22(35-24)26(17-21)38(44)45/h4-6,9-10,12-13,17-19,23-25,35H,7-8,11,14-16H2,1-3H3,(H2,32,39)(H,33,42)(H,34,41)(H,36,40)(H,37,43)/t19-,23-,24+,25?/m0/s1. The summed E-state index contributed by atoms with van der Waals surface area (Å²) < 4.78 is 0. The van der Waals surface area contributed by atoms with Crippen molar-refractivity contribution in [3.05, 3.63) is 69.8 Å². The number of hydrogen-bond acceptors (Lipinski definition) is 8. The number of nitrogens with one attached hydrogen (secondary N) is 5. The minimum atomic E-state index is -1.09. The topological polar surface area (TPSA) is 215 Å². The third-order valence-electron chi connectivity index (χ3n) is 7.35. The number of rotatable bonds is 6. The molecule has 45 heavy (non-hydrogen) atoms. The van der Waals surface area contributed by atoms with Crippen LogP contribution in [0.25, 0.3) is 0 Å². The van der Waals surface area contributed by atoms with Gasteiger partial charge in [0.15, 0.2) is 0 Å². The maximum atomic E-state index is 13.6. The number of primary amides is 1. The molecule has 2 aliphatic heterocycles. The van der Waals surface area contributed by atoms with Gasteiger partial charge in [-0.2, -0.15) is 0 Å². The number of anilines is 1. The first-order valence-electron chi connectivity index (χ1n) is 14.9. The van der Waals surface area contributed by atoms with E-state index >= 15 is 0 Å². The van der Waals surface area contributed by atoms with Gasteiger partial charge in [-0.1, -0.05) is 44.2 Å². The predicted octanol–water partition coefficient (Wildman–Crippen LogP) is 1.54. The zero-order chi connectivity index (χ0) is 33.1. The van der Waals surface area contributed by atoms with Crippen LogP contribution >= 0.6 is 0 Å². The fraction of sp³-hybridized carbons (Fsp3) is 0.452. The highest BCUT2D eigenvalue weighted by atomic mass is 16.6. The molecule has 2 aromatic rings. The number of nitrogens with two attached hydrogens (primary N) is 1. The second kappa shape index (κ2) is 16.2. The molecule has 242 valence electrons. The van der Waals surface area contributed by atoms with E-state index in [4.69, 9.17) is 5.73 Å². The van der Waals surface area contributed by atoms with Crippen molar-refractivity contribution in [2.75, 3.05) is 11.9 Å². The van der Waals surface area contributed by atoms with E-state index in [0.717, 1.165) is 11.6 Å². The molecular weight excluding hydrogens is 582 g/mol. The summed E-state index contributed by atoms with van der Waals surface area (Å²) in [5, 5.41) is 25.7. The van der Waals surface area contributed by atoms with E-state index in [1.807, 2.05) is 44.2 Å². The first-order chi connectivity index (χ1) is 21.3. The van der Waals surface area contributed by atoms with Crippen molar-refractivity contribution in [3.63, 3.8) is 0 Å². The zero-order valence-corrected chi connectivity index (χ0v) is 25.6. The van der Waals surface area contributed by atoms with Crippen LogP contribution in [-0.4, -0.2) is 65.2 Å². The average Bonchev–Trinajstić information content (AvgIpc) is 2.99. The Labute approximate surface area is 261 Å². The molecule has 0 fully saturated rings. The summed E-state index contributed by atoms with van der Waals surface area (Å²) in [5.41, 5.74) is 5.76. The largest absolute Gasteiger partial charge is 0.368 e. The molecule has 4 rings (SSSR count). The van der Waals surface area contributed by atoms with Crippen LogP contribution in [0.1, 0.15) is 62.4 Å². The van der Waals surface area contributed by atoms with Gasteiger partial charge in [-0.15, -0.1) is 0 Å². The monoisotopic (exact) mass is 623 g/mol. The van der Waals surface area contributed by atoms with E-state index in [9.17, 15) is 34.1 Å². The quantitative estimate of drug-likeness (QED) is 0.157. The minimum Gasteiger partial charge on any atom is -0.368 e. The molecule has 0 aromatic heterocycles. The van der Waals surface area contributed by atoms with E-state index in [0.29, 0.717) is 19.3 Å². The van der Waals surface area contributed by atoms with E-state index in [1.54, 1.807) is 0 Å². The van der Waals surface area contributed by atoms with Crippen LogP contribution in [0.4, 0.5) is 11.4 Å². The number of nitrogens with zero attached hydrogens (tertiary/aromatic N) is 1. The molecule has 14 nitrogen and oxygen atoms in total. The number of benzene rings is 2. The molecule has 0 spiro atoms. The van der Waals surface area contributed by atoms with Gasteiger partial charge < -0.3 is 32.3 Å². The number of fused-ring (bicyclic) bond motifs is 18. The van der Waals surface area contributed by atoms with Gasteiger partial charge in [-0.05, 0) is 56.2 Å². The van der Waals surface area contributed by atoms with Gasteiger partial charge in [0.05, 0.1) is 4.92 Å². The normalized spacial score (nSPS) is 22.2. The van der Waals surface area contributed by atoms with Crippen molar-refractivity contribution >= 4 is 40.9 Å². The fourth-order valence-corrected chi connectivity index (χ4v) is 4.90. The number of nitro groups is 1. The van der Waals surface area contributed by atoms with Gasteiger partial charge >= 0.3 is 0 Å². The van der Waals surface area contributed by atoms with Crippen molar-refractivity contribution in [2.45, 2.75) is 77.0 Å². The molecule has 2 heterocycles. The smallest absolute Gasteiger partial charge is 0.293 e. The van der Waals surface area contributed by atoms with Crippen LogP contribution < -0.4 is 32.3 Å². The van der Waals surface area contributed by atoms with Gasteiger partial charge in [0.25, 0.3) is 11.6 Å². The summed E-state index contributed by atoms with van der Waals surface area (Å²) >= 11 is 0. The van der Waals surface area contributed by atoms with Gasteiger partial charge in [-0.25, -0.2) is 0 Å². The maximum Gasteiger partial charge on any atom is 0.293 e. The predicted molar refractivity (Wildman–Crippen MR) is 167 cm³/mol. The molecule has 14 heteroatoms. The van der Waals surface area contributed by atoms with Crippen LogP contribution in [-0.2, 0) is 25.6 Å². The molecule has 7 N–H and O–H groups in total. The molecule has 2 aromatic carbocycles. The summed E-state index contributed by atoms with van der Waals surface area (Å²) in [5.74, 6) is -3.11. The molecule has 5 amide bonds. The summed E-state index contributed by atoms with van der Waals surface area (Å²) in [6, 6.07) is 8.85. The lowest BCUT2D eigenvalue weighted by molar-refractivity contribution is -0.384. The lowest BCUT2D eigenvalue weighted by atomic mass is 10.0. The number of carbonyl (C=O) groups is 5. The fourth-order valence-electron chi connectivity index (χ4n) is 4.90. The molecule has 0 saturated heterocycles. The van der Waals surface area contributed by atoms with Gasteiger partial charge in [0.2, 0.25) is 23.6 Å². The maximum absolute atomic E-state index is 13.6. The van der Waals surface area contributed by atoms with E-state index in [1.165, 1.54) is 19.1 Å². The van der Waals surface area contributed by atoms with E-state index in [2.05, 4.69) is 26.6 Å². The summed E-state index contributed by atoms with van der Waals surface area (Å²) in [6.45, 7) is 5.43. The SMILES string of the molecule is CC(C)C[C@H]1Nc2ccc(cc2[N+](=O)[O-])C(=O)N[C@@H](C)C(=O)N[C@H](C(N)=O)CCCCNC(=O)C(Cc2ccccc2)NC1=O. The number of carbonyl (C=O) groups excluding carboxylic acids is 5. The second-order valence-corrected chi connectivity index (χ2v) is 11.5. The highest BCUT2D eigenvalue weighted by Gasteiger charge is 2.29. The molecule has 2 aliphatic rings. The van der Waals surface area contributed by atoms with Crippen molar-refractivity contribution in [2.24, 2.45) is 11.7 Å².